The van der Waals surface area contributed by atoms with Crippen molar-refractivity contribution in [2.45, 2.75) is 45.4 Å². The van der Waals surface area contributed by atoms with E-state index in [0.29, 0.717) is 0 Å². The third kappa shape index (κ3) is 6.01. The molecule has 0 aromatic heterocycles. The van der Waals surface area contributed by atoms with E-state index in [1.54, 1.807) is 20.8 Å². The summed E-state index contributed by atoms with van der Waals surface area (Å²) in [5.74, 6) is -1.72. The number of ether oxygens (including phenoxy) is 2. The molecular formula is C15H21FN2O5. The minimum Gasteiger partial charge on any atom is -0.486 e. The maximum atomic E-state index is 13.0. The molecule has 8 heteroatoms. The van der Waals surface area contributed by atoms with Crippen molar-refractivity contribution >= 4 is 17.7 Å². The first kappa shape index (κ1) is 18.5. The van der Waals surface area contributed by atoms with Crippen LogP contribution in [0.1, 0.15) is 27.7 Å². The highest BCUT2D eigenvalue weighted by atomic mass is 19.1. The van der Waals surface area contributed by atoms with Crippen LogP contribution in [0.15, 0.2) is 18.2 Å². The van der Waals surface area contributed by atoms with Gasteiger partial charge in [-0.15, -0.1) is 0 Å². The summed E-state index contributed by atoms with van der Waals surface area (Å²) in [5, 5.41) is 11.5. The number of rotatable bonds is 5. The van der Waals surface area contributed by atoms with Crippen molar-refractivity contribution in [3.8, 4) is 5.75 Å². The first-order chi connectivity index (χ1) is 10.5. The van der Waals surface area contributed by atoms with Crippen molar-refractivity contribution in [2.24, 2.45) is 0 Å². The van der Waals surface area contributed by atoms with Gasteiger partial charge in [-0.25, -0.2) is 14.0 Å². The second kappa shape index (κ2) is 7.17. The highest BCUT2D eigenvalue weighted by Gasteiger charge is 2.30. The quantitative estimate of drug-likeness (QED) is 0.714. The normalized spacial score (nSPS) is 13.8. The molecule has 23 heavy (non-hydrogen) atoms. The summed E-state index contributed by atoms with van der Waals surface area (Å²) >= 11 is 0. The zero-order chi connectivity index (χ0) is 17.8. The molecule has 1 amide bonds. The lowest BCUT2D eigenvalue weighted by Crippen LogP contribution is -2.51. The van der Waals surface area contributed by atoms with E-state index in [0.717, 1.165) is 12.1 Å². The molecule has 0 bridgehead atoms. The number of anilines is 1. The van der Waals surface area contributed by atoms with Crippen LogP contribution >= 0.6 is 0 Å². The van der Waals surface area contributed by atoms with Crippen LogP contribution < -0.4 is 15.8 Å². The van der Waals surface area contributed by atoms with Crippen LogP contribution in [0.4, 0.5) is 14.9 Å². The van der Waals surface area contributed by atoms with Gasteiger partial charge in [0.1, 0.15) is 23.3 Å². The Morgan fingerprint density at radius 1 is 1.35 bits per heavy atom. The van der Waals surface area contributed by atoms with Crippen molar-refractivity contribution in [2.75, 3.05) is 5.73 Å². The summed E-state index contributed by atoms with van der Waals surface area (Å²) < 4.78 is 23.4. The summed E-state index contributed by atoms with van der Waals surface area (Å²) in [6, 6.07) is 2.11. The number of benzene rings is 1. The van der Waals surface area contributed by atoms with Crippen LogP contribution in [-0.4, -0.2) is 34.9 Å². The Hall–Kier alpha value is -2.51. The van der Waals surface area contributed by atoms with Gasteiger partial charge in [0.25, 0.3) is 0 Å². The second-order valence-electron chi connectivity index (χ2n) is 5.97. The molecule has 7 nitrogen and oxygen atoms in total. The molecule has 0 aliphatic carbocycles. The summed E-state index contributed by atoms with van der Waals surface area (Å²) in [7, 11) is 0. The number of halogens is 1. The van der Waals surface area contributed by atoms with Gasteiger partial charge in [0.2, 0.25) is 0 Å². The van der Waals surface area contributed by atoms with Crippen LogP contribution in [0.25, 0.3) is 0 Å². The Labute approximate surface area is 133 Å². The molecule has 0 aliphatic heterocycles. The monoisotopic (exact) mass is 328 g/mol. The van der Waals surface area contributed by atoms with Gasteiger partial charge in [0.15, 0.2) is 6.04 Å². The minimum atomic E-state index is -1.37. The molecular weight excluding hydrogens is 307 g/mol. The van der Waals surface area contributed by atoms with Gasteiger partial charge in [-0.05, 0) is 39.8 Å². The third-order valence-electron chi connectivity index (χ3n) is 2.69. The molecule has 4 N–H and O–H groups in total. The lowest BCUT2D eigenvalue weighted by molar-refractivity contribution is -0.141. The topological polar surface area (TPSA) is 111 Å². The molecule has 2 atom stereocenters. The van der Waals surface area contributed by atoms with Gasteiger partial charge in [0, 0.05) is 6.07 Å². The fourth-order valence-electron chi connectivity index (χ4n) is 1.71. The molecule has 1 rings (SSSR count). The molecule has 0 spiro atoms. The molecule has 1 aromatic carbocycles. The Balaban J connectivity index is 2.80. The van der Waals surface area contributed by atoms with Crippen LogP contribution in [0.2, 0.25) is 0 Å². The summed E-state index contributed by atoms with van der Waals surface area (Å²) in [4.78, 5) is 23.0. The molecule has 1 aromatic rings. The summed E-state index contributed by atoms with van der Waals surface area (Å²) in [5.41, 5.74) is 4.87. The Kier molecular flexibility index (Phi) is 5.78. The number of hydrogen-bond donors (Lipinski definition) is 3. The van der Waals surface area contributed by atoms with Gasteiger partial charge < -0.3 is 25.6 Å². The molecule has 0 unspecified atom stereocenters. The summed E-state index contributed by atoms with van der Waals surface area (Å²) in [6.45, 7) is 6.41. The fraction of sp³-hybridized carbons (Fsp3) is 0.467. The lowest BCUT2D eigenvalue weighted by atomic mass is 10.1. The molecule has 0 saturated carbocycles. The smallest absolute Gasteiger partial charge is 0.408 e. The Bertz CT molecular complexity index is 586. The van der Waals surface area contributed by atoms with E-state index < -0.39 is 35.6 Å². The van der Waals surface area contributed by atoms with E-state index in [1.165, 1.54) is 13.0 Å². The van der Waals surface area contributed by atoms with Crippen LogP contribution in [0, 0.1) is 5.82 Å². The van der Waals surface area contributed by atoms with E-state index in [4.69, 9.17) is 15.2 Å². The Morgan fingerprint density at radius 3 is 2.43 bits per heavy atom. The van der Waals surface area contributed by atoms with E-state index in [2.05, 4.69) is 5.32 Å². The SMILES string of the molecule is C[C@H](Oc1ccc(F)cc1N)[C@@H](NC(=O)OC(C)(C)C)C(=O)O. The van der Waals surface area contributed by atoms with Crippen LogP contribution in [-0.2, 0) is 9.53 Å². The van der Waals surface area contributed by atoms with Crippen molar-refractivity contribution in [3.05, 3.63) is 24.0 Å². The molecule has 0 saturated heterocycles. The number of carboxylic acid groups (broad SMARTS) is 1. The van der Waals surface area contributed by atoms with E-state index in [9.17, 15) is 19.1 Å². The number of nitrogen functional groups attached to an aromatic ring is 1. The average molecular weight is 328 g/mol. The predicted octanol–water partition coefficient (Wildman–Crippen LogP) is 2.15. The fourth-order valence-corrected chi connectivity index (χ4v) is 1.71. The van der Waals surface area contributed by atoms with E-state index >= 15 is 0 Å². The molecule has 0 aliphatic rings. The van der Waals surface area contributed by atoms with Crippen molar-refractivity contribution in [1.29, 1.82) is 0 Å². The van der Waals surface area contributed by atoms with Crippen LogP contribution in [0.3, 0.4) is 0 Å². The number of nitrogens with one attached hydrogen (secondary N) is 1. The largest absolute Gasteiger partial charge is 0.486 e. The van der Waals surface area contributed by atoms with Crippen molar-refractivity contribution in [1.82, 2.24) is 5.32 Å². The number of aliphatic carboxylic acids is 1. The second-order valence-corrected chi connectivity index (χ2v) is 5.97. The van der Waals surface area contributed by atoms with Gasteiger partial charge >= 0.3 is 12.1 Å². The predicted molar refractivity (Wildman–Crippen MR) is 81.7 cm³/mol. The number of carbonyl (C=O) groups excluding carboxylic acids is 1. The highest BCUT2D eigenvalue weighted by Crippen LogP contribution is 2.23. The average Bonchev–Trinajstić information content (AvgIpc) is 2.36. The molecule has 0 fully saturated rings. The number of amides is 1. The van der Waals surface area contributed by atoms with Gasteiger partial charge in [-0.3, -0.25) is 0 Å². The maximum absolute atomic E-state index is 13.0. The van der Waals surface area contributed by atoms with Crippen molar-refractivity contribution < 1.29 is 28.6 Å². The molecule has 128 valence electrons. The molecule has 0 radical (unpaired) electrons. The number of hydrogen-bond acceptors (Lipinski definition) is 5. The van der Waals surface area contributed by atoms with Crippen LogP contribution in [0.5, 0.6) is 5.75 Å². The zero-order valence-electron chi connectivity index (χ0n) is 13.4. The lowest BCUT2D eigenvalue weighted by Gasteiger charge is -2.25. The number of carbonyl (C=O) groups is 2. The minimum absolute atomic E-state index is 0.0262. The first-order valence-corrected chi connectivity index (χ1v) is 6.93. The summed E-state index contributed by atoms with van der Waals surface area (Å²) in [6.07, 6.45) is -1.85. The molecule has 0 heterocycles. The van der Waals surface area contributed by atoms with E-state index in [1.807, 2.05) is 0 Å². The number of carboxylic acids is 1. The van der Waals surface area contributed by atoms with Gasteiger partial charge in [-0.1, -0.05) is 0 Å². The van der Waals surface area contributed by atoms with E-state index in [-0.39, 0.29) is 11.4 Å². The maximum Gasteiger partial charge on any atom is 0.408 e. The third-order valence-corrected chi connectivity index (χ3v) is 2.69. The first-order valence-electron chi connectivity index (χ1n) is 6.93. The highest BCUT2D eigenvalue weighted by molar-refractivity contribution is 5.80. The zero-order valence-corrected chi connectivity index (χ0v) is 13.4. The number of alkyl carbamates (subject to hydrolysis) is 1. The standard InChI is InChI=1S/C15H21FN2O5/c1-8(22-11-6-5-9(16)7-10(11)17)12(13(19)20)18-14(21)23-15(2,3)4/h5-8,12H,17H2,1-4H3,(H,18,21)(H,19,20)/t8-,12+/m0/s1. The number of nitrogens with two attached hydrogens (primary N) is 1. The van der Waals surface area contributed by atoms with Crippen molar-refractivity contribution in [3.63, 3.8) is 0 Å². The van der Waals surface area contributed by atoms with Gasteiger partial charge in [-0.2, -0.15) is 0 Å². The Morgan fingerprint density at radius 2 is 1.96 bits per heavy atom. The van der Waals surface area contributed by atoms with Gasteiger partial charge in [0.05, 0.1) is 5.69 Å².